The highest BCUT2D eigenvalue weighted by molar-refractivity contribution is 7.14. The standard InChI is InChI=1S/C26H25N9OS/c1-32-15-21(13-29-32)19-9-22(25-20(10-27)12-30-35(25)16-19)23-17-37-26(31-23)34-7-5-33(6-8-34)14-18-3-4-24(36-2)28-11-18/h3-4,9,11-13,15-17H,5-8,14H2,1-2H3. The van der Waals surface area contributed by atoms with Gasteiger partial charge in [-0.1, -0.05) is 6.07 Å². The monoisotopic (exact) mass is 511 g/mol. The van der Waals surface area contributed by atoms with E-state index in [9.17, 15) is 5.26 Å². The average Bonchev–Trinajstić information content (AvgIpc) is 3.69. The fourth-order valence-electron chi connectivity index (χ4n) is 4.64. The number of nitrogens with zero attached hydrogens (tertiary/aromatic N) is 9. The van der Waals surface area contributed by atoms with Gasteiger partial charge >= 0.3 is 0 Å². The Morgan fingerprint density at radius 1 is 1.05 bits per heavy atom. The molecular formula is C26H25N9OS. The van der Waals surface area contributed by atoms with Crippen molar-refractivity contribution in [3.63, 3.8) is 0 Å². The second kappa shape index (κ2) is 9.65. The molecule has 10 nitrogen and oxygen atoms in total. The van der Waals surface area contributed by atoms with E-state index in [4.69, 9.17) is 9.72 Å². The van der Waals surface area contributed by atoms with Crippen LogP contribution in [-0.4, -0.2) is 67.6 Å². The first-order valence-corrected chi connectivity index (χ1v) is 12.8. The Balaban J connectivity index is 1.23. The molecule has 5 aromatic rings. The second-order valence-electron chi connectivity index (χ2n) is 9.00. The Bertz CT molecular complexity index is 1590. The lowest BCUT2D eigenvalue weighted by Crippen LogP contribution is -2.45. The zero-order valence-electron chi connectivity index (χ0n) is 20.6. The van der Waals surface area contributed by atoms with Gasteiger partial charge in [0.05, 0.1) is 36.3 Å². The molecule has 0 N–H and O–H groups in total. The first kappa shape index (κ1) is 23.1. The smallest absolute Gasteiger partial charge is 0.212 e. The van der Waals surface area contributed by atoms with Gasteiger partial charge in [0.1, 0.15) is 6.07 Å². The van der Waals surface area contributed by atoms with E-state index in [1.54, 1.807) is 33.8 Å². The Morgan fingerprint density at radius 2 is 1.92 bits per heavy atom. The van der Waals surface area contributed by atoms with Crippen LogP contribution in [-0.2, 0) is 13.6 Å². The molecule has 0 aromatic carbocycles. The summed E-state index contributed by atoms with van der Waals surface area (Å²) in [5.74, 6) is 0.634. The van der Waals surface area contributed by atoms with Crippen LogP contribution in [0.4, 0.5) is 5.13 Å². The summed E-state index contributed by atoms with van der Waals surface area (Å²) in [5.41, 5.74) is 6.17. The van der Waals surface area contributed by atoms with Crippen LogP contribution >= 0.6 is 11.3 Å². The molecule has 5 aromatic heterocycles. The number of aryl methyl sites for hydroxylation is 1. The van der Waals surface area contributed by atoms with Gasteiger partial charge in [0.2, 0.25) is 5.88 Å². The predicted octanol–water partition coefficient (Wildman–Crippen LogP) is 3.46. The number of methoxy groups -OCH3 is 1. The SMILES string of the molecule is COc1ccc(CN2CCN(c3nc(-c4cc(-c5cnn(C)c5)cn5ncc(C#N)c45)cs3)CC2)cn1. The number of rotatable bonds is 6. The lowest BCUT2D eigenvalue weighted by Gasteiger charge is -2.34. The molecular weight excluding hydrogens is 486 g/mol. The van der Waals surface area contributed by atoms with E-state index in [0.717, 1.165) is 65.8 Å². The maximum absolute atomic E-state index is 9.69. The number of ether oxygens (including phenoxy) is 1. The molecule has 0 spiro atoms. The molecule has 0 radical (unpaired) electrons. The van der Waals surface area contributed by atoms with Crippen molar-refractivity contribution in [2.45, 2.75) is 6.54 Å². The highest BCUT2D eigenvalue weighted by atomic mass is 32.1. The van der Waals surface area contributed by atoms with E-state index in [2.05, 4.69) is 48.6 Å². The number of thiazole rings is 1. The van der Waals surface area contributed by atoms with E-state index in [-0.39, 0.29) is 0 Å². The Morgan fingerprint density at radius 3 is 2.62 bits per heavy atom. The lowest BCUT2D eigenvalue weighted by molar-refractivity contribution is 0.249. The van der Waals surface area contributed by atoms with E-state index < -0.39 is 0 Å². The van der Waals surface area contributed by atoms with Crippen molar-refractivity contribution in [3.05, 3.63) is 65.7 Å². The average molecular weight is 512 g/mol. The summed E-state index contributed by atoms with van der Waals surface area (Å²) in [7, 11) is 3.52. The largest absolute Gasteiger partial charge is 0.481 e. The van der Waals surface area contributed by atoms with Gasteiger partial charge in [-0.05, 0) is 11.6 Å². The second-order valence-corrected chi connectivity index (χ2v) is 9.83. The van der Waals surface area contributed by atoms with Gasteiger partial charge in [0, 0.05) is 86.5 Å². The van der Waals surface area contributed by atoms with Gasteiger partial charge in [-0.3, -0.25) is 9.58 Å². The van der Waals surface area contributed by atoms with Crippen LogP contribution in [0.25, 0.3) is 27.9 Å². The summed E-state index contributed by atoms with van der Waals surface area (Å²) in [5, 5.41) is 21.5. The van der Waals surface area contributed by atoms with Gasteiger partial charge in [-0.25, -0.2) is 14.5 Å². The highest BCUT2D eigenvalue weighted by Crippen LogP contribution is 2.34. The quantitative estimate of drug-likeness (QED) is 0.342. The number of anilines is 1. The van der Waals surface area contributed by atoms with E-state index in [0.29, 0.717) is 11.4 Å². The minimum Gasteiger partial charge on any atom is -0.481 e. The molecule has 0 bridgehead atoms. The first-order valence-electron chi connectivity index (χ1n) is 11.9. The number of hydrogen-bond acceptors (Lipinski definition) is 9. The van der Waals surface area contributed by atoms with Crippen LogP contribution in [0, 0.1) is 11.3 Å². The number of nitriles is 1. The highest BCUT2D eigenvalue weighted by Gasteiger charge is 2.22. The van der Waals surface area contributed by atoms with Crippen molar-refractivity contribution in [1.82, 2.24) is 34.3 Å². The summed E-state index contributed by atoms with van der Waals surface area (Å²) in [6, 6.07) is 8.32. The molecule has 0 unspecified atom stereocenters. The van der Waals surface area contributed by atoms with Crippen molar-refractivity contribution in [3.8, 4) is 34.3 Å². The van der Waals surface area contributed by atoms with E-state index in [1.165, 1.54) is 5.56 Å². The maximum Gasteiger partial charge on any atom is 0.212 e. The third-order valence-corrected chi connectivity index (χ3v) is 7.50. The molecule has 1 aliphatic heterocycles. The van der Waals surface area contributed by atoms with Crippen molar-refractivity contribution in [1.29, 1.82) is 5.26 Å². The van der Waals surface area contributed by atoms with Crippen molar-refractivity contribution in [2.75, 3.05) is 38.2 Å². The Labute approximate surface area is 218 Å². The zero-order valence-corrected chi connectivity index (χ0v) is 21.4. The molecule has 0 amide bonds. The summed E-state index contributed by atoms with van der Waals surface area (Å²) in [6.07, 6.45) is 9.21. The molecule has 6 rings (SSSR count). The third kappa shape index (κ3) is 4.52. The molecule has 1 fully saturated rings. The molecule has 6 heterocycles. The number of piperazine rings is 1. The topological polar surface area (TPSA) is 100 Å². The van der Waals surface area contributed by atoms with Crippen molar-refractivity contribution >= 4 is 22.0 Å². The van der Waals surface area contributed by atoms with Crippen molar-refractivity contribution < 1.29 is 4.74 Å². The predicted molar refractivity (Wildman–Crippen MR) is 141 cm³/mol. The van der Waals surface area contributed by atoms with Crippen LogP contribution in [0.1, 0.15) is 11.1 Å². The number of fused-ring (bicyclic) bond motifs is 1. The lowest BCUT2D eigenvalue weighted by atomic mass is 10.0. The summed E-state index contributed by atoms with van der Waals surface area (Å²) < 4.78 is 8.69. The molecule has 0 aliphatic carbocycles. The fourth-order valence-corrected chi connectivity index (χ4v) is 5.52. The summed E-state index contributed by atoms with van der Waals surface area (Å²) in [4.78, 5) is 14.1. The minimum atomic E-state index is 0.531. The van der Waals surface area contributed by atoms with Crippen LogP contribution in [0.3, 0.4) is 0 Å². The Hall–Kier alpha value is -4.27. The molecule has 1 saturated heterocycles. The third-order valence-electron chi connectivity index (χ3n) is 6.59. The molecule has 37 heavy (non-hydrogen) atoms. The van der Waals surface area contributed by atoms with Gasteiger partial charge in [0.15, 0.2) is 5.13 Å². The maximum atomic E-state index is 9.69. The molecule has 0 atom stereocenters. The fraction of sp³-hybridized carbons (Fsp3) is 0.269. The van der Waals surface area contributed by atoms with Crippen LogP contribution in [0.2, 0.25) is 0 Å². The van der Waals surface area contributed by atoms with Gasteiger partial charge in [-0.15, -0.1) is 11.3 Å². The Kier molecular flexibility index (Phi) is 6.04. The van der Waals surface area contributed by atoms with Gasteiger partial charge < -0.3 is 9.64 Å². The normalized spacial score (nSPS) is 14.2. The van der Waals surface area contributed by atoms with Gasteiger partial charge in [-0.2, -0.15) is 15.5 Å². The van der Waals surface area contributed by atoms with Crippen LogP contribution < -0.4 is 9.64 Å². The minimum absolute atomic E-state index is 0.531. The number of pyridine rings is 2. The van der Waals surface area contributed by atoms with Crippen LogP contribution in [0.5, 0.6) is 5.88 Å². The summed E-state index contributed by atoms with van der Waals surface area (Å²) >= 11 is 1.63. The van der Waals surface area contributed by atoms with Gasteiger partial charge in [0.25, 0.3) is 0 Å². The number of hydrogen-bond donors (Lipinski definition) is 0. The van der Waals surface area contributed by atoms with Crippen molar-refractivity contribution in [2.24, 2.45) is 7.05 Å². The van der Waals surface area contributed by atoms with E-state index in [1.807, 2.05) is 37.9 Å². The number of aromatic nitrogens is 6. The molecule has 1 aliphatic rings. The molecule has 11 heteroatoms. The molecule has 186 valence electrons. The summed E-state index contributed by atoms with van der Waals surface area (Å²) in [6.45, 7) is 4.56. The van der Waals surface area contributed by atoms with E-state index >= 15 is 0 Å². The molecule has 0 saturated carbocycles. The first-order chi connectivity index (χ1) is 18.1. The van der Waals surface area contributed by atoms with Crippen LogP contribution in [0.15, 0.2) is 54.6 Å². The zero-order chi connectivity index (χ0) is 25.4.